The summed E-state index contributed by atoms with van der Waals surface area (Å²) in [5, 5.41) is 3.43. The molecule has 4 aliphatic rings. The standard InChI is InChI=1S/C17H20INO/c18-15-3-1-2-14(7-15)16(20)19-17-8-11-4-12(9-17)6-13(5-11)10-17/h1-3,7,11-13H,4-6,8-10H2,(H,19,20). The molecule has 2 nitrogen and oxygen atoms in total. The van der Waals surface area contributed by atoms with Crippen LogP contribution in [0.15, 0.2) is 24.3 Å². The number of amides is 1. The van der Waals surface area contributed by atoms with E-state index >= 15 is 0 Å². The number of nitrogens with one attached hydrogen (secondary N) is 1. The van der Waals surface area contributed by atoms with Gasteiger partial charge in [0, 0.05) is 14.7 Å². The largest absolute Gasteiger partial charge is 0.347 e. The number of benzene rings is 1. The van der Waals surface area contributed by atoms with Gasteiger partial charge in [0.15, 0.2) is 0 Å². The second kappa shape index (κ2) is 4.72. The lowest BCUT2D eigenvalue weighted by Gasteiger charge is -2.56. The van der Waals surface area contributed by atoms with Crippen LogP contribution in [0.3, 0.4) is 0 Å². The van der Waals surface area contributed by atoms with Crippen LogP contribution in [0.25, 0.3) is 0 Å². The molecule has 4 aliphatic carbocycles. The van der Waals surface area contributed by atoms with Gasteiger partial charge in [-0.05, 0) is 97.1 Å². The molecule has 1 aromatic rings. The number of rotatable bonds is 2. The number of hydrogen-bond donors (Lipinski definition) is 1. The summed E-state index contributed by atoms with van der Waals surface area (Å²) in [5.74, 6) is 2.75. The van der Waals surface area contributed by atoms with E-state index in [1.165, 1.54) is 38.5 Å². The van der Waals surface area contributed by atoms with Crippen molar-refractivity contribution in [1.29, 1.82) is 0 Å². The minimum absolute atomic E-state index is 0.118. The predicted octanol–water partition coefficient (Wildman–Crippen LogP) is 3.99. The molecule has 1 aromatic carbocycles. The molecular weight excluding hydrogens is 361 g/mol. The van der Waals surface area contributed by atoms with E-state index in [0.717, 1.165) is 26.9 Å². The second-order valence-electron chi connectivity index (χ2n) is 7.16. The molecule has 3 heteroatoms. The third-order valence-electron chi connectivity index (χ3n) is 5.50. The third-order valence-corrected chi connectivity index (χ3v) is 6.17. The molecule has 1 N–H and O–H groups in total. The Morgan fingerprint density at radius 3 is 2.25 bits per heavy atom. The topological polar surface area (TPSA) is 29.1 Å². The van der Waals surface area contributed by atoms with Crippen LogP contribution in [0.4, 0.5) is 0 Å². The first-order chi connectivity index (χ1) is 9.62. The summed E-state index contributed by atoms with van der Waals surface area (Å²) in [7, 11) is 0. The summed E-state index contributed by atoms with van der Waals surface area (Å²) in [6, 6.07) is 7.91. The summed E-state index contributed by atoms with van der Waals surface area (Å²) in [6.07, 6.45) is 7.90. The van der Waals surface area contributed by atoms with E-state index in [2.05, 4.69) is 27.9 Å². The van der Waals surface area contributed by atoms with Gasteiger partial charge in [0.1, 0.15) is 0 Å². The van der Waals surface area contributed by atoms with Crippen LogP contribution in [0, 0.1) is 21.3 Å². The Labute approximate surface area is 133 Å². The van der Waals surface area contributed by atoms with Gasteiger partial charge in [-0.15, -0.1) is 0 Å². The zero-order valence-corrected chi connectivity index (χ0v) is 13.7. The van der Waals surface area contributed by atoms with Crippen molar-refractivity contribution in [3.8, 4) is 0 Å². The lowest BCUT2D eigenvalue weighted by molar-refractivity contribution is -0.0167. The molecule has 0 aliphatic heterocycles. The van der Waals surface area contributed by atoms with Crippen molar-refractivity contribution in [2.75, 3.05) is 0 Å². The Bertz CT molecular complexity index is 518. The molecule has 4 saturated carbocycles. The van der Waals surface area contributed by atoms with Crippen LogP contribution in [0.2, 0.25) is 0 Å². The molecule has 0 spiro atoms. The summed E-state index contributed by atoms with van der Waals surface area (Å²) in [4.78, 5) is 12.6. The highest BCUT2D eigenvalue weighted by molar-refractivity contribution is 14.1. The molecule has 0 heterocycles. The van der Waals surface area contributed by atoms with E-state index in [4.69, 9.17) is 0 Å². The Morgan fingerprint density at radius 2 is 1.70 bits per heavy atom. The summed E-state index contributed by atoms with van der Waals surface area (Å²) >= 11 is 2.27. The van der Waals surface area contributed by atoms with Crippen LogP contribution in [0.5, 0.6) is 0 Å². The van der Waals surface area contributed by atoms with Crippen molar-refractivity contribution >= 4 is 28.5 Å². The molecule has 0 radical (unpaired) electrons. The zero-order valence-electron chi connectivity index (χ0n) is 11.6. The van der Waals surface area contributed by atoms with Crippen molar-refractivity contribution in [3.05, 3.63) is 33.4 Å². The highest BCUT2D eigenvalue weighted by Gasteiger charge is 2.51. The van der Waals surface area contributed by atoms with Crippen molar-refractivity contribution in [2.45, 2.75) is 44.1 Å². The van der Waals surface area contributed by atoms with Crippen LogP contribution in [-0.4, -0.2) is 11.4 Å². The molecule has 4 fully saturated rings. The summed E-state index contributed by atoms with van der Waals surface area (Å²) in [5.41, 5.74) is 0.931. The normalized spacial score (nSPS) is 38.0. The third kappa shape index (κ3) is 2.28. The summed E-state index contributed by atoms with van der Waals surface area (Å²) < 4.78 is 1.13. The van der Waals surface area contributed by atoms with Crippen molar-refractivity contribution < 1.29 is 4.79 Å². The monoisotopic (exact) mass is 381 g/mol. The van der Waals surface area contributed by atoms with E-state index in [-0.39, 0.29) is 11.4 Å². The van der Waals surface area contributed by atoms with Gasteiger partial charge in [-0.25, -0.2) is 0 Å². The fraction of sp³-hybridized carbons (Fsp3) is 0.588. The van der Waals surface area contributed by atoms with E-state index < -0.39 is 0 Å². The number of hydrogen-bond acceptors (Lipinski definition) is 1. The molecule has 0 aromatic heterocycles. The van der Waals surface area contributed by atoms with E-state index in [1.807, 2.05) is 24.3 Å². The second-order valence-corrected chi connectivity index (χ2v) is 8.41. The van der Waals surface area contributed by atoms with Crippen LogP contribution in [0.1, 0.15) is 48.9 Å². The first-order valence-electron chi connectivity index (χ1n) is 7.70. The average molecular weight is 381 g/mol. The SMILES string of the molecule is O=C(NC12CC3CC(CC(C3)C1)C2)c1cccc(I)c1. The van der Waals surface area contributed by atoms with E-state index in [9.17, 15) is 4.79 Å². The molecule has 5 rings (SSSR count). The fourth-order valence-corrected chi connectivity index (χ4v) is 5.75. The molecule has 106 valence electrons. The lowest BCUT2D eigenvalue weighted by Crippen LogP contribution is -2.59. The number of carbonyl (C=O) groups excluding carboxylic acids is 1. The van der Waals surface area contributed by atoms with Gasteiger partial charge in [0.25, 0.3) is 5.91 Å². The smallest absolute Gasteiger partial charge is 0.251 e. The molecule has 1 amide bonds. The lowest BCUT2D eigenvalue weighted by atomic mass is 9.53. The van der Waals surface area contributed by atoms with Crippen LogP contribution in [-0.2, 0) is 0 Å². The minimum atomic E-state index is 0.118. The van der Waals surface area contributed by atoms with Gasteiger partial charge >= 0.3 is 0 Å². The van der Waals surface area contributed by atoms with Gasteiger partial charge in [-0.2, -0.15) is 0 Å². The van der Waals surface area contributed by atoms with Crippen LogP contribution < -0.4 is 5.32 Å². The predicted molar refractivity (Wildman–Crippen MR) is 87.5 cm³/mol. The quantitative estimate of drug-likeness (QED) is 0.772. The van der Waals surface area contributed by atoms with Crippen molar-refractivity contribution in [1.82, 2.24) is 5.32 Å². The maximum Gasteiger partial charge on any atom is 0.251 e. The van der Waals surface area contributed by atoms with Gasteiger partial charge < -0.3 is 5.32 Å². The van der Waals surface area contributed by atoms with Gasteiger partial charge in [-0.1, -0.05) is 6.07 Å². The molecule has 4 bridgehead atoms. The Kier molecular flexibility index (Phi) is 3.09. The maximum absolute atomic E-state index is 12.6. The number of halogens is 1. The molecule has 0 saturated heterocycles. The van der Waals surface area contributed by atoms with Gasteiger partial charge in [-0.3, -0.25) is 4.79 Å². The Morgan fingerprint density at radius 1 is 1.10 bits per heavy atom. The first kappa shape index (κ1) is 13.1. The van der Waals surface area contributed by atoms with E-state index in [1.54, 1.807) is 0 Å². The fourth-order valence-electron chi connectivity index (χ4n) is 5.21. The highest BCUT2D eigenvalue weighted by atomic mass is 127. The average Bonchev–Trinajstić information content (AvgIpc) is 2.36. The maximum atomic E-state index is 12.6. The van der Waals surface area contributed by atoms with Crippen molar-refractivity contribution in [3.63, 3.8) is 0 Å². The minimum Gasteiger partial charge on any atom is -0.347 e. The molecule has 20 heavy (non-hydrogen) atoms. The summed E-state index contributed by atoms with van der Waals surface area (Å²) in [6.45, 7) is 0. The molecule has 0 atom stereocenters. The molecular formula is C17H20INO. The first-order valence-corrected chi connectivity index (χ1v) is 8.78. The Balaban J connectivity index is 1.55. The van der Waals surface area contributed by atoms with E-state index in [0.29, 0.717) is 0 Å². The number of carbonyl (C=O) groups is 1. The Hall–Kier alpha value is -0.580. The van der Waals surface area contributed by atoms with Crippen molar-refractivity contribution in [2.24, 2.45) is 17.8 Å². The zero-order chi connectivity index (χ0) is 13.7. The highest BCUT2D eigenvalue weighted by Crippen LogP contribution is 2.55. The van der Waals surface area contributed by atoms with Gasteiger partial charge in [0.2, 0.25) is 0 Å². The van der Waals surface area contributed by atoms with Crippen LogP contribution >= 0.6 is 22.6 Å². The van der Waals surface area contributed by atoms with Gasteiger partial charge in [0.05, 0.1) is 0 Å². The molecule has 0 unspecified atom stereocenters.